The number of likely N-dealkylation sites (tertiary alicyclic amines) is 1. The second-order valence-electron chi connectivity index (χ2n) is 9.65. The first-order valence-corrected chi connectivity index (χ1v) is 11.2. The van der Waals surface area contributed by atoms with E-state index in [-0.39, 0.29) is 23.3 Å². The fraction of sp³-hybridized carbons (Fsp3) is 0.241. The van der Waals surface area contributed by atoms with Crippen LogP contribution < -0.4 is 0 Å². The summed E-state index contributed by atoms with van der Waals surface area (Å²) in [6, 6.07) is 24.2. The molecule has 1 fully saturated rings. The zero-order valence-corrected chi connectivity index (χ0v) is 19.5. The molecule has 1 heterocycles. The van der Waals surface area contributed by atoms with Crippen molar-refractivity contribution in [1.82, 2.24) is 4.90 Å². The minimum Gasteiger partial charge on any atom is -0.507 e. The zero-order valence-electron chi connectivity index (χ0n) is 19.5. The minimum atomic E-state index is -0.666. The van der Waals surface area contributed by atoms with Crippen LogP contribution in [-0.4, -0.2) is 21.7 Å². The highest BCUT2D eigenvalue weighted by atomic mass is 16.3. The first-order valence-electron chi connectivity index (χ1n) is 11.2. The Morgan fingerprint density at radius 2 is 1.48 bits per heavy atom. The predicted octanol–water partition coefficient (Wildman–Crippen LogP) is 5.91. The molecule has 3 aromatic carbocycles. The lowest BCUT2D eigenvalue weighted by atomic mass is 9.85. The van der Waals surface area contributed by atoms with E-state index in [4.69, 9.17) is 0 Å². The van der Waals surface area contributed by atoms with E-state index in [1.165, 1.54) is 0 Å². The number of Topliss-reactive ketones (excluding diaryl/α,β-unsaturated/α-hetero) is 1. The molecule has 0 saturated carbocycles. The second-order valence-corrected chi connectivity index (χ2v) is 9.65. The van der Waals surface area contributed by atoms with Gasteiger partial charge in [-0.1, -0.05) is 105 Å². The van der Waals surface area contributed by atoms with Crippen LogP contribution in [0.3, 0.4) is 0 Å². The smallest absolute Gasteiger partial charge is 0.295 e. The molecule has 1 atom stereocenters. The third kappa shape index (κ3) is 4.47. The van der Waals surface area contributed by atoms with E-state index in [1.54, 1.807) is 17.0 Å². The van der Waals surface area contributed by atoms with Gasteiger partial charge in [-0.2, -0.15) is 0 Å². The Morgan fingerprint density at radius 3 is 2.06 bits per heavy atom. The molecule has 3 aromatic rings. The van der Waals surface area contributed by atoms with Crippen molar-refractivity contribution in [3.63, 3.8) is 0 Å². The number of hydrogen-bond donors (Lipinski definition) is 1. The average molecular weight is 440 g/mol. The highest BCUT2D eigenvalue weighted by Crippen LogP contribution is 2.40. The summed E-state index contributed by atoms with van der Waals surface area (Å²) in [5.74, 6) is -1.40. The van der Waals surface area contributed by atoms with E-state index >= 15 is 0 Å². The van der Waals surface area contributed by atoms with Crippen LogP contribution in [0, 0.1) is 6.92 Å². The molecule has 0 aliphatic carbocycles. The molecule has 168 valence electrons. The van der Waals surface area contributed by atoms with Gasteiger partial charge in [0.05, 0.1) is 11.6 Å². The van der Waals surface area contributed by atoms with E-state index in [1.807, 2.05) is 73.7 Å². The Balaban J connectivity index is 1.85. The molecular weight excluding hydrogens is 410 g/mol. The number of aliphatic hydroxyl groups is 1. The lowest BCUT2D eigenvalue weighted by Crippen LogP contribution is -2.29. The number of ketones is 1. The quantitative estimate of drug-likeness (QED) is 0.312. The Morgan fingerprint density at radius 1 is 0.879 bits per heavy atom. The van der Waals surface area contributed by atoms with Crippen molar-refractivity contribution in [2.75, 3.05) is 0 Å². The third-order valence-electron chi connectivity index (χ3n) is 6.15. The van der Waals surface area contributed by atoms with Crippen molar-refractivity contribution >= 4 is 17.4 Å². The van der Waals surface area contributed by atoms with Crippen LogP contribution in [0.5, 0.6) is 0 Å². The largest absolute Gasteiger partial charge is 0.507 e. The van der Waals surface area contributed by atoms with Crippen molar-refractivity contribution in [3.05, 3.63) is 112 Å². The molecule has 1 N–H and O–H groups in total. The predicted molar refractivity (Wildman–Crippen MR) is 131 cm³/mol. The first-order chi connectivity index (χ1) is 15.7. The summed E-state index contributed by atoms with van der Waals surface area (Å²) >= 11 is 0. The summed E-state index contributed by atoms with van der Waals surface area (Å²) in [7, 11) is 0. The lowest BCUT2D eigenvalue weighted by molar-refractivity contribution is -0.140. The molecule has 4 heteroatoms. The van der Waals surface area contributed by atoms with Crippen LogP contribution in [0.2, 0.25) is 0 Å². The number of amides is 1. The van der Waals surface area contributed by atoms with Gasteiger partial charge in [0.2, 0.25) is 0 Å². The van der Waals surface area contributed by atoms with Gasteiger partial charge >= 0.3 is 0 Å². The molecule has 0 bridgehead atoms. The summed E-state index contributed by atoms with van der Waals surface area (Å²) in [5.41, 5.74) is 4.55. The number of nitrogens with zero attached hydrogens (tertiary/aromatic N) is 1. The maximum absolute atomic E-state index is 13.2. The van der Waals surface area contributed by atoms with Crippen molar-refractivity contribution in [3.8, 4) is 0 Å². The molecule has 0 radical (unpaired) electrons. The Bertz CT molecular complexity index is 1200. The molecule has 33 heavy (non-hydrogen) atoms. The highest BCUT2D eigenvalue weighted by molar-refractivity contribution is 6.46. The summed E-state index contributed by atoms with van der Waals surface area (Å²) in [6.45, 7) is 8.66. The van der Waals surface area contributed by atoms with Gasteiger partial charge in [-0.15, -0.1) is 0 Å². The van der Waals surface area contributed by atoms with Gasteiger partial charge in [-0.05, 0) is 29.0 Å². The fourth-order valence-electron chi connectivity index (χ4n) is 4.20. The van der Waals surface area contributed by atoms with Gasteiger partial charge in [-0.25, -0.2) is 0 Å². The van der Waals surface area contributed by atoms with E-state index < -0.39 is 17.7 Å². The van der Waals surface area contributed by atoms with Crippen LogP contribution in [0.1, 0.15) is 54.6 Å². The van der Waals surface area contributed by atoms with Crippen molar-refractivity contribution < 1.29 is 14.7 Å². The zero-order chi connectivity index (χ0) is 23.8. The standard InChI is InChI=1S/C29H29NO3/c1-19-10-12-22(13-11-19)26(31)24-25(21-14-16-23(17-15-21)29(2,3)4)30(28(33)27(24)32)18-20-8-6-5-7-9-20/h5-17,25,31H,18H2,1-4H3/t25-/m1/s1. The first kappa shape index (κ1) is 22.5. The molecule has 0 spiro atoms. The maximum atomic E-state index is 13.2. The third-order valence-corrected chi connectivity index (χ3v) is 6.15. The van der Waals surface area contributed by atoms with E-state index in [9.17, 15) is 14.7 Å². The van der Waals surface area contributed by atoms with Gasteiger partial charge in [0.15, 0.2) is 0 Å². The summed E-state index contributed by atoms with van der Waals surface area (Å²) in [4.78, 5) is 27.9. The van der Waals surface area contributed by atoms with Crippen molar-refractivity contribution in [2.24, 2.45) is 0 Å². The molecule has 1 saturated heterocycles. The van der Waals surface area contributed by atoms with Crippen LogP contribution in [-0.2, 0) is 21.5 Å². The van der Waals surface area contributed by atoms with Gasteiger partial charge in [0.25, 0.3) is 11.7 Å². The molecular formula is C29H29NO3. The van der Waals surface area contributed by atoms with Gasteiger partial charge < -0.3 is 10.0 Å². The minimum absolute atomic E-state index is 0.0216. The van der Waals surface area contributed by atoms with Crippen LogP contribution >= 0.6 is 0 Å². The second kappa shape index (κ2) is 8.70. The van der Waals surface area contributed by atoms with Crippen LogP contribution in [0.25, 0.3) is 5.76 Å². The van der Waals surface area contributed by atoms with Crippen molar-refractivity contribution in [2.45, 2.75) is 45.7 Å². The Kier molecular flexibility index (Phi) is 5.94. The topological polar surface area (TPSA) is 57.6 Å². The fourth-order valence-corrected chi connectivity index (χ4v) is 4.20. The molecule has 1 aliphatic heterocycles. The van der Waals surface area contributed by atoms with Crippen LogP contribution in [0.15, 0.2) is 84.4 Å². The molecule has 4 nitrogen and oxygen atoms in total. The van der Waals surface area contributed by atoms with Crippen molar-refractivity contribution in [1.29, 1.82) is 0 Å². The highest BCUT2D eigenvalue weighted by Gasteiger charge is 2.46. The summed E-state index contributed by atoms with van der Waals surface area (Å²) in [6.07, 6.45) is 0. The Hall–Kier alpha value is -3.66. The monoisotopic (exact) mass is 439 g/mol. The molecule has 4 rings (SSSR count). The number of hydrogen-bond acceptors (Lipinski definition) is 3. The molecule has 1 amide bonds. The van der Waals surface area contributed by atoms with Crippen LogP contribution in [0.4, 0.5) is 0 Å². The average Bonchev–Trinajstić information content (AvgIpc) is 3.04. The SMILES string of the molecule is Cc1ccc(C(O)=C2C(=O)C(=O)N(Cc3ccccc3)[C@@H]2c2ccc(C(C)(C)C)cc2)cc1. The molecule has 0 unspecified atom stereocenters. The molecule has 0 aromatic heterocycles. The Labute approximate surface area is 195 Å². The number of rotatable bonds is 4. The maximum Gasteiger partial charge on any atom is 0.295 e. The number of aryl methyl sites for hydroxylation is 1. The summed E-state index contributed by atoms with van der Waals surface area (Å²) in [5, 5.41) is 11.2. The normalized spacial score (nSPS) is 18.1. The lowest BCUT2D eigenvalue weighted by Gasteiger charge is -2.26. The van der Waals surface area contributed by atoms with Gasteiger partial charge in [-0.3, -0.25) is 9.59 Å². The number of benzene rings is 3. The van der Waals surface area contributed by atoms with E-state index in [2.05, 4.69) is 20.8 Å². The number of aliphatic hydroxyl groups excluding tert-OH is 1. The summed E-state index contributed by atoms with van der Waals surface area (Å²) < 4.78 is 0. The number of carbonyl (C=O) groups excluding carboxylic acids is 2. The van der Waals surface area contributed by atoms with Gasteiger partial charge in [0, 0.05) is 12.1 Å². The van der Waals surface area contributed by atoms with E-state index in [0.717, 1.165) is 22.3 Å². The molecule has 1 aliphatic rings. The van der Waals surface area contributed by atoms with Gasteiger partial charge in [0.1, 0.15) is 5.76 Å². The van der Waals surface area contributed by atoms with E-state index in [0.29, 0.717) is 5.56 Å². The number of carbonyl (C=O) groups is 2.